The maximum Gasteiger partial charge on any atom is 0.0517 e. The SMILES string of the molecule is Cc1ccc(Br)c(NC/C(Cl)=C/Cl)c1. The first-order valence-electron chi connectivity index (χ1n) is 4.08. The molecular formula is C10H10BrCl2N. The fraction of sp³-hybridized carbons (Fsp3) is 0.200. The van der Waals surface area contributed by atoms with Crippen molar-refractivity contribution >= 4 is 44.8 Å². The van der Waals surface area contributed by atoms with E-state index < -0.39 is 0 Å². The Morgan fingerprint density at radius 1 is 1.57 bits per heavy atom. The smallest absolute Gasteiger partial charge is 0.0517 e. The number of hydrogen-bond donors (Lipinski definition) is 1. The maximum atomic E-state index is 5.76. The molecule has 1 N–H and O–H groups in total. The number of benzene rings is 1. The van der Waals surface area contributed by atoms with Crippen molar-refractivity contribution in [3.05, 3.63) is 38.8 Å². The third-order valence-electron chi connectivity index (χ3n) is 1.69. The summed E-state index contributed by atoms with van der Waals surface area (Å²) in [7, 11) is 0. The molecule has 0 atom stereocenters. The molecule has 0 saturated heterocycles. The van der Waals surface area contributed by atoms with E-state index >= 15 is 0 Å². The predicted molar refractivity (Wildman–Crippen MR) is 67.2 cm³/mol. The Kier molecular flexibility index (Phi) is 4.79. The first-order chi connectivity index (χ1) is 6.63. The van der Waals surface area contributed by atoms with Gasteiger partial charge in [0.15, 0.2) is 0 Å². The van der Waals surface area contributed by atoms with Gasteiger partial charge in [0, 0.05) is 20.7 Å². The van der Waals surface area contributed by atoms with Gasteiger partial charge < -0.3 is 5.32 Å². The van der Waals surface area contributed by atoms with Crippen LogP contribution in [0.2, 0.25) is 0 Å². The number of nitrogens with one attached hydrogen (secondary N) is 1. The van der Waals surface area contributed by atoms with Crippen molar-refractivity contribution in [1.82, 2.24) is 0 Å². The summed E-state index contributed by atoms with van der Waals surface area (Å²) in [6.07, 6.45) is 0. The van der Waals surface area contributed by atoms with Crippen molar-refractivity contribution in [3.8, 4) is 0 Å². The fourth-order valence-electron chi connectivity index (χ4n) is 0.993. The molecule has 76 valence electrons. The molecule has 0 saturated carbocycles. The van der Waals surface area contributed by atoms with Gasteiger partial charge in [0.25, 0.3) is 0 Å². The summed E-state index contributed by atoms with van der Waals surface area (Å²) in [6, 6.07) is 6.08. The average Bonchev–Trinajstić information content (AvgIpc) is 2.19. The number of anilines is 1. The number of halogens is 3. The highest BCUT2D eigenvalue weighted by Crippen LogP contribution is 2.23. The van der Waals surface area contributed by atoms with Crippen LogP contribution >= 0.6 is 39.1 Å². The van der Waals surface area contributed by atoms with Gasteiger partial charge in [0.05, 0.1) is 6.54 Å². The normalized spacial score (nSPS) is 11.6. The molecule has 1 aromatic carbocycles. The fourth-order valence-corrected chi connectivity index (χ4v) is 1.52. The molecule has 1 rings (SSSR count). The lowest BCUT2D eigenvalue weighted by Crippen LogP contribution is -2.01. The van der Waals surface area contributed by atoms with Crippen LogP contribution in [-0.4, -0.2) is 6.54 Å². The topological polar surface area (TPSA) is 12.0 Å². The molecule has 0 amide bonds. The average molecular weight is 295 g/mol. The molecule has 14 heavy (non-hydrogen) atoms. The Morgan fingerprint density at radius 3 is 2.93 bits per heavy atom. The van der Waals surface area contributed by atoms with E-state index in [0.717, 1.165) is 10.2 Å². The highest BCUT2D eigenvalue weighted by Gasteiger charge is 1.99. The van der Waals surface area contributed by atoms with Crippen molar-refractivity contribution in [3.63, 3.8) is 0 Å². The highest BCUT2D eigenvalue weighted by molar-refractivity contribution is 9.10. The molecule has 0 unspecified atom stereocenters. The minimum atomic E-state index is 0.535. The lowest BCUT2D eigenvalue weighted by Gasteiger charge is -2.08. The molecule has 0 aromatic heterocycles. The molecule has 0 spiro atoms. The molecule has 0 aliphatic carbocycles. The summed E-state index contributed by atoms with van der Waals surface area (Å²) in [6.45, 7) is 2.57. The standard InChI is InChI=1S/C10H10BrCl2N/c1-7-2-3-9(11)10(4-7)14-6-8(13)5-12/h2-5,14H,6H2,1H3/b8-5-. The number of rotatable bonds is 3. The summed E-state index contributed by atoms with van der Waals surface area (Å²) in [5, 5.41) is 3.76. The molecule has 1 nitrogen and oxygen atoms in total. The lowest BCUT2D eigenvalue weighted by molar-refractivity contribution is 1.29. The van der Waals surface area contributed by atoms with Crippen LogP contribution in [-0.2, 0) is 0 Å². The third kappa shape index (κ3) is 3.52. The molecule has 0 aliphatic heterocycles. The van der Waals surface area contributed by atoms with Crippen LogP contribution in [0.3, 0.4) is 0 Å². The van der Waals surface area contributed by atoms with Gasteiger partial charge in [-0.3, -0.25) is 0 Å². The Bertz CT molecular complexity index is 350. The van der Waals surface area contributed by atoms with E-state index in [1.54, 1.807) is 0 Å². The Hall–Kier alpha value is -0.180. The second kappa shape index (κ2) is 5.64. The summed E-state index contributed by atoms with van der Waals surface area (Å²) < 4.78 is 1.02. The first kappa shape index (κ1) is 11.9. The van der Waals surface area contributed by atoms with Crippen molar-refractivity contribution in [2.24, 2.45) is 0 Å². The summed E-state index contributed by atoms with van der Waals surface area (Å²) >= 11 is 14.6. The zero-order chi connectivity index (χ0) is 10.6. The van der Waals surface area contributed by atoms with Gasteiger partial charge in [-0.15, -0.1) is 0 Å². The van der Waals surface area contributed by atoms with E-state index in [4.69, 9.17) is 23.2 Å². The van der Waals surface area contributed by atoms with E-state index in [9.17, 15) is 0 Å². The summed E-state index contributed by atoms with van der Waals surface area (Å²) in [5.74, 6) is 0. The largest absolute Gasteiger partial charge is 0.379 e. The monoisotopic (exact) mass is 293 g/mol. The van der Waals surface area contributed by atoms with Crippen LogP contribution in [0.5, 0.6) is 0 Å². The Balaban J connectivity index is 2.71. The van der Waals surface area contributed by atoms with Gasteiger partial charge in [-0.25, -0.2) is 0 Å². The molecular weight excluding hydrogens is 285 g/mol. The van der Waals surface area contributed by atoms with Crippen LogP contribution in [0.1, 0.15) is 5.56 Å². The minimum absolute atomic E-state index is 0.535. The van der Waals surface area contributed by atoms with Gasteiger partial charge in [-0.1, -0.05) is 29.3 Å². The van der Waals surface area contributed by atoms with E-state index in [2.05, 4.69) is 21.2 Å². The highest BCUT2D eigenvalue weighted by atomic mass is 79.9. The van der Waals surface area contributed by atoms with Crippen LogP contribution in [0.4, 0.5) is 5.69 Å². The molecule has 0 radical (unpaired) electrons. The number of hydrogen-bond acceptors (Lipinski definition) is 1. The van der Waals surface area contributed by atoms with E-state index in [1.165, 1.54) is 11.1 Å². The van der Waals surface area contributed by atoms with Gasteiger partial charge >= 0.3 is 0 Å². The van der Waals surface area contributed by atoms with Crippen LogP contribution in [0, 0.1) is 6.92 Å². The van der Waals surface area contributed by atoms with Crippen LogP contribution in [0.25, 0.3) is 0 Å². The molecule has 0 aliphatic rings. The Morgan fingerprint density at radius 2 is 2.29 bits per heavy atom. The molecule has 4 heteroatoms. The van der Waals surface area contributed by atoms with Crippen molar-refractivity contribution in [2.75, 3.05) is 11.9 Å². The molecule has 1 aromatic rings. The minimum Gasteiger partial charge on any atom is -0.379 e. The van der Waals surface area contributed by atoms with E-state index in [1.807, 2.05) is 25.1 Å². The zero-order valence-electron chi connectivity index (χ0n) is 7.65. The van der Waals surface area contributed by atoms with Crippen LogP contribution in [0.15, 0.2) is 33.2 Å². The number of aryl methyl sites for hydroxylation is 1. The van der Waals surface area contributed by atoms with Gasteiger partial charge in [0.1, 0.15) is 0 Å². The summed E-state index contributed by atoms with van der Waals surface area (Å²) in [4.78, 5) is 0. The molecule has 0 bridgehead atoms. The second-order valence-corrected chi connectivity index (χ2v) is 4.45. The van der Waals surface area contributed by atoms with Crippen LogP contribution < -0.4 is 5.32 Å². The molecule has 0 heterocycles. The predicted octanol–water partition coefficient (Wildman–Crippen LogP) is 4.49. The maximum absolute atomic E-state index is 5.76. The summed E-state index contributed by atoms with van der Waals surface area (Å²) in [5.41, 5.74) is 3.57. The Labute approximate surface area is 102 Å². The second-order valence-electron chi connectivity index (χ2n) is 2.89. The van der Waals surface area contributed by atoms with Gasteiger partial charge in [-0.2, -0.15) is 0 Å². The van der Waals surface area contributed by atoms with Gasteiger partial charge in [0.2, 0.25) is 0 Å². The lowest BCUT2D eigenvalue weighted by atomic mass is 10.2. The molecule has 0 fully saturated rings. The van der Waals surface area contributed by atoms with Crippen molar-refractivity contribution in [1.29, 1.82) is 0 Å². The van der Waals surface area contributed by atoms with Gasteiger partial charge in [-0.05, 0) is 40.5 Å². The van der Waals surface area contributed by atoms with Crippen molar-refractivity contribution < 1.29 is 0 Å². The third-order valence-corrected chi connectivity index (χ3v) is 3.00. The van der Waals surface area contributed by atoms with Crippen molar-refractivity contribution in [2.45, 2.75) is 6.92 Å². The zero-order valence-corrected chi connectivity index (χ0v) is 10.7. The van der Waals surface area contributed by atoms with E-state index in [-0.39, 0.29) is 0 Å². The first-order valence-corrected chi connectivity index (χ1v) is 5.69. The quantitative estimate of drug-likeness (QED) is 0.866. The van der Waals surface area contributed by atoms with E-state index in [0.29, 0.717) is 11.6 Å².